The first kappa shape index (κ1) is 19.8. The molecular weight excluding hydrogens is 380 g/mol. The summed E-state index contributed by atoms with van der Waals surface area (Å²) in [6.45, 7) is -0.110. The number of nitrogens with zero attached hydrogens (tertiary/aromatic N) is 1. The van der Waals surface area contributed by atoms with Crippen molar-refractivity contribution in [3.63, 3.8) is 0 Å². The van der Waals surface area contributed by atoms with E-state index in [0.717, 1.165) is 12.8 Å². The molecular formula is C20H20N2O5S. The van der Waals surface area contributed by atoms with Crippen LogP contribution in [-0.4, -0.2) is 47.7 Å². The SMILES string of the molecule is NC(=O)[C@H]1CCCCN1C(=O)COC(=O)c1ccccc1C(=O)c1cccs1. The topological polar surface area (TPSA) is 107 Å². The van der Waals surface area contributed by atoms with Crippen LogP contribution in [-0.2, 0) is 14.3 Å². The molecule has 1 atom stereocenters. The standard InChI is InChI=1S/C20H20N2O5S/c21-19(25)15-8-3-4-10-22(15)17(23)12-27-20(26)14-7-2-1-6-13(14)18(24)16-9-5-11-28-16/h1-2,5-7,9,11,15H,3-4,8,10,12H2,(H2,21,25)/t15-/m1/s1. The number of carbonyl (C=O) groups is 4. The van der Waals surface area contributed by atoms with Gasteiger partial charge < -0.3 is 15.4 Å². The van der Waals surface area contributed by atoms with Crippen molar-refractivity contribution in [2.75, 3.05) is 13.2 Å². The van der Waals surface area contributed by atoms with Crippen LogP contribution in [0.1, 0.15) is 44.9 Å². The fourth-order valence-electron chi connectivity index (χ4n) is 3.21. The highest BCUT2D eigenvalue weighted by molar-refractivity contribution is 7.12. The zero-order valence-corrected chi connectivity index (χ0v) is 15.9. The van der Waals surface area contributed by atoms with Gasteiger partial charge in [-0.2, -0.15) is 0 Å². The van der Waals surface area contributed by atoms with E-state index in [1.54, 1.807) is 35.7 Å². The molecule has 0 spiro atoms. The molecule has 1 aromatic heterocycles. The Balaban J connectivity index is 1.69. The van der Waals surface area contributed by atoms with Crippen LogP contribution >= 0.6 is 11.3 Å². The van der Waals surface area contributed by atoms with Crippen LogP contribution in [0.3, 0.4) is 0 Å². The third-order valence-corrected chi connectivity index (χ3v) is 5.48. The molecule has 28 heavy (non-hydrogen) atoms. The second-order valence-electron chi connectivity index (χ2n) is 6.43. The largest absolute Gasteiger partial charge is 0.452 e. The van der Waals surface area contributed by atoms with Crippen LogP contribution in [0.4, 0.5) is 0 Å². The molecule has 1 aliphatic rings. The van der Waals surface area contributed by atoms with Gasteiger partial charge in [-0.1, -0.05) is 24.3 Å². The van der Waals surface area contributed by atoms with Crippen LogP contribution in [0.5, 0.6) is 0 Å². The highest BCUT2D eigenvalue weighted by Gasteiger charge is 2.31. The average Bonchev–Trinajstić information content (AvgIpc) is 3.26. The van der Waals surface area contributed by atoms with E-state index in [-0.39, 0.29) is 16.9 Å². The molecule has 2 N–H and O–H groups in total. The van der Waals surface area contributed by atoms with Crippen molar-refractivity contribution >= 4 is 34.9 Å². The molecule has 1 saturated heterocycles. The van der Waals surface area contributed by atoms with Crippen molar-refractivity contribution in [2.24, 2.45) is 5.73 Å². The van der Waals surface area contributed by atoms with Crippen molar-refractivity contribution < 1.29 is 23.9 Å². The maximum atomic E-state index is 12.6. The second-order valence-corrected chi connectivity index (χ2v) is 7.38. The Bertz CT molecular complexity index is 894. The molecule has 2 amide bonds. The van der Waals surface area contributed by atoms with Gasteiger partial charge >= 0.3 is 5.97 Å². The van der Waals surface area contributed by atoms with Crippen LogP contribution < -0.4 is 5.73 Å². The molecule has 7 nitrogen and oxygen atoms in total. The highest BCUT2D eigenvalue weighted by atomic mass is 32.1. The number of benzene rings is 1. The number of nitrogens with two attached hydrogens (primary N) is 1. The van der Waals surface area contributed by atoms with Gasteiger partial charge in [0, 0.05) is 12.1 Å². The minimum Gasteiger partial charge on any atom is -0.452 e. The quantitative estimate of drug-likeness (QED) is 0.590. The molecule has 0 unspecified atom stereocenters. The van der Waals surface area contributed by atoms with Crippen molar-refractivity contribution in [3.05, 3.63) is 57.8 Å². The first-order chi connectivity index (χ1) is 13.5. The van der Waals surface area contributed by atoms with Gasteiger partial charge in [0.2, 0.25) is 11.7 Å². The van der Waals surface area contributed by atoms with Gasteiger partial charge in [-0.05, 0) is 36.8 Å². The summed E-state index contributed by atoms with van der Waals surface area (Å²) in [7, 11) is 0. The minimum absolute atomic E-state index is 0.0961. The van der Waals surface area contributed by atoms with Crippen LogP contribution in [0, 0.1) is 0 Å². The van der Waals surface area contributed by atoms with E-state index >= 15 is 0 Å². The molecule has 0 saturated carbocycles. The Hall–Kier alpha value is -3.00. The lowest BCUT2D eigenvalue weighted by Crippen LogP contribution is -2.51. The monoisotopic (exact) mass is 400 g/mol. The van der Waals surface area contributed by atoms with Gasteiger partial charge in [0.1, 0.15) is 6.04 Å². The van der Waals surface area contributed by atoms with Gasteiger partial charge in [-0.3, -0.25) is 14.4 Å². The molecule has 8 heteroatoms. The zero-order valence-electron chi connectivity index (χ0n) is 15.1. The lowest BCUT2D eigenvalue weighted by molar-refractivity contribution is -0.143. The number of amides is 2. The van der Waals surface area contributed by atoms with Crippen molar-refractivity contribution in [2.45, 2.75) is 25.3 Å². The van der Waals surface area contributed by atoms with Gasteiger partial charge in [-0.15, -0.1) is 11.3 Å². The molecule has 0 bridgehead atoms. The number of ether oxygens (including phenoxy) is 1. The highest BCUT2D eigenvalue weighted by Crippen LogP contribution is 2.20. The Morgan fingerprint density at radius 3 is 2.50 bits per heavy atom. The molecule has 1 aromatic carbocycles. The van der Waals surface area contributed by atoms with Gasteiger partial charge in [0.25, 0.3) is 5.91 Å². The molecule has 2 aromatic rings. The predicted octanol–water partition coefficient (Wildman–Crippen LogP) is 2.00. The zero-order chi connectivity index (χ0) is 20.1. The molecule has 0 aliphatic carbocycles. The summed E-state index contributed by atoms with van der Waals surface area (Å²) < 4.78 is 5.15. The normalized spacial score (nSPS) is 16.4. The molecule has 1 fully saturated rings. The van der Waals surface area contributed by atoms with Gasteiger partial charge in [0.05, 0.1) is 10.4 Å². The second kappa shape index (κ2) is 8.79. The number of ketones is 1. The number of piperidine rings is 1. The Kier molecular flexibility index (Phi) is 6.20. The Labute approximate surface area is 166 Å². The Morgan fingerprint density at radius 2 is 1.82 bits per heavy atom. The number of hydrogen-bond acceptors (Lipinski definition) is 6. The number of hydrogen-bond donors (Lipinski definition) is 1. The first-order valence-corrected chi connectivity index (χ1v) is 9.80. The summed E-state index contributed by atoms with van der Waals surface area (Å²) in [4.78, 5) is 51.0. The van der Waals surface area contributed by atoms with E-state index in [9.17, 15) is 19.2 Å². The molecule has 146 valence electrons. The summed E-state index contributed by atoms with van der Waals surface area (Å²) >= 11 is 1.28. The summed E-state index contributed by atoms with van der Waals surface area (Å²) in [6.07, 6.45) is 2.09. The number of primary amides is 1. The smallest absolute Gasteiger partial charge is 0.339 e. The van der Waals surface area contributed by atoms with E-state index < -0.39 is 30.4 Å². The fourth-order valence-corrected chi connectivity index (χ4v) is 3.89. The van der Waals surface area contributed by atoms with E-state index in [0.29, 0.717) is 17.8 Å². The van der Waals surface area contributed by atoms with Crippen LogP contribution in [0.15, 0.2) is 41.8 Å². The van der Waals surface area contributed by atoms with Crippen molar-refractivity contribution in [1.82, 2.24) is 4.90 Å². The molecule has 1 aliphatic heterocycles. The number of carbonyl (C=O) groups excluding carboxylic acids is 4. The van der Waals surface area contributed by atoms with Crippen molar-refractivity contribution in [1.29, 1.82) is 0 Å². The van der Waals surface area contributed by atoms with E-state index in [4.69, 9.17) is 10.5 Å². The van der Waals surface area contributed by atoms with E-state index in [2.05, 4.69) is 0 Å². The molecule has 0 radical (unpaired) electrons. The molecule has 3 rings (SSSR count). The third-order valence-electron chi connectivity index (χ3n) is 4.61. The maximum absolute atomic E-state index is 12.6. The number of thiophene rings is 1. The fraction of sp³-hybridized carbons (Fsp3) is 0.300. The summed E-state index contributed by atoms with van der Waals surface area (Å²) in [5, 5.41) is 1.78. The van der Waals surface area contributed by atoms with E-state index in [1.165, 1.54) is 22.3 Å². The van der Waals surface area contributed by atoms with Crippen LogP contribution in [0.2, 0.25) is 0 Å². The predicted molar refractivity (Wildman–Crippen MR) is 103 cm³/mol. The third kappa shape index (κ3) is 4.28. The summed E-state index contributed by atoms with van der Waals surface area (Å²) in [6, 6.07) is 9.08. The van der Waals surface area contributed by atoms with Crippen molar-refractivity contribution in [3.8, 4) is 0 Å². The lowest BCUT2D eigenvalue weighted by Gasteiger charge is -2.33. The molecule has 2 heterocycles. The maximum Gasteiger partial charge on any atom is 0.339 e. The van der Waals surface area contributed by atoms with E-state index in [1.807, 2.05) is 0 Å². The summed E-state index contributed by atoms with van der Waals surface area (Å²) in [5.74, 6) is -2.08. The number of likely N-dealkylation sites (tertiary alicyclic amines) is 1. The van der Waals surface area contributed by atoms with Crippen LogP contribution in [0.25, 0.3) is 0 Å². The number of rotatable bonds is 6. The lowest BCUT2D eigenvalue weighted by atomic mass is 10.0. The summed E-state index contributed by atoms with van der Waals surface area (Å²) in [5.41, 5.74) is 5.68. The number of esters is 1. The average molecular weight is 400 g/mol. The van der Waals surface area contributed by atoms with Gasteiger partial charge in [-0.25, -0.2) is 4.79 Å². The first-order valence-electron chi connectivity index (χ1n) is 8.92. The Morgan fingerprint density at radius 1 is 1.07 bits per heavy atom. The van der Waals surface area contributed by atoms with Gasteiger partial charge in [0.15, 0.2) is 6.61 Å². The minimum atomic E-state index is -0.763.